The number of anilines is 1. The quantitative estimate of drug-likeness (QED) is 0.616. The lowest BCUT2D eigenvalue weighted by Gasteiger charge is -2.06. The van der Waals surface area contributed by atoms with Crippen molar-refractivity contribution in [2.24, 2.45) is 0 Å². The van der Waals surface area contributed by atoms with Crippen molar-refractivity contribution in [2.45, 2.75) is 13.3 Å². The van der Waals surface area contributed by atoms with Crippen molar-refractivity contribution < 1.29 is 13.2 Å². The molecule has 0 aliphatic carbocycles. The Morgan fingerprint density at radius 2 is 1.89 bits per heavy atom. The number of rotatable bonds is 6. The third-order valence-electron chi connectivity index (χ3n) is 2.28. The highest BCUT2D eigenvalue weighted by atomic mass is 32.2. The predicted molar refractivity (Wildman–Crippen MR) is 76.7 cm³/mol. The fraction of sp³-hybridized carbons (Fsp3) is 0.308. The van der Waals surface area contributed by atoms with Gasteiger partial charge in [0.15, 0.2) is 0 Å². The molecule has 0 saturated carbocycles. The van der Waals surface area contributed by atoms with Gasteiger partial charge >= 0.3 is 0 Å². The van der Waals surface area contributed by atoms with E-state index in [4.69, 9.17) is 0 Å². The highest BCUT2D eigenvalue weighted by Gasteiger charge is 2.05. The number of benzene rings is 1. The summed E-state index contributed by atoms with van der Waals surface area (Å²) in [6.07, 6.45) is 5.77. The topological polar surface area (TPSA) is 75.3 Å². The van der Waals surface area contributed by atoms with Crippen LogP contribution in [0.1, 0.15) is 23.7 Å². The Morgan fingerprint density at radius 3 is 2.42 bits per heavy atom. The lowest BCUT2D eigenvalue weighted by atomic mass is 10.2. The molecule has 1 aromatic rings. The number of amides is 1. The number of hydrogen-bond acceptors (Lipinski definition) is 3. The van der Waals surface area contributed by atoms with E-state index < -0.39 is 10.0 Å². The van der Waals surface area contributed by atoms with Gasteiger partial charge in [0.05, 0.1) is 6.26 Å². The zero-order valence-corrected chi connectivity index (χ0v) is 11.8. The monoisotopic (exact) mass is 282 g/mol. The number of nitrogens with one attached hydrogen (secondary N) is 2. The molecule has 2 N–H and O–H groups in total. The van der Waals surface area contributed by atoms with Crippen molar-refractivity contribution in [1.29, 1.82) is 0 Å². The summed E-state index contributed by atoms with van der Waals surface area (Å²) >= 11 is 0. The molecule has 1 rings (SSSR count). The van der Waals surface area contributed by atoms with Gasteiger partial charge in [-0.2, -0.15) is 0 Å². The molecule has 6 heteroatoms. The standard InChI is InChI=1S/C13H18N2O3S/c1-3-4-5-10-14-13(16)11-6-8-12(9-7-11)15-19(2,17)18/h3-4,6-9,15H,5,10H2,1-2H3,(H,14,16)/b4-3+. The summed E-state index contributed by atoms with van der Waals surface area (Å²) in [7, 11) is -3.29. The van der Waals surface area contributed by atoms with E-state index in [0.29, 0.717) is 17.8 Å². The molecule has 0 saturated heterocycles. The number of allylic oxidation sites excluding steroid dienone is 1. The van der Waals surface area contributed by atoms with Crippen LogP contribution in [0, 0.1) is 0 Å². The van der Waals surface area contributed by atoms with E-state index in [1.165, 1.54) is 0 Å². The number of hydrogen-bond donors (Lipinski definition) is 2. The molecule has 1 aromatic carbocycles. The molecular formula is C13H18N2O3S. The molecule has 0 radical (unpaired) electrons. The van der Waals surface area contributed by atoms with Crippen molar-refractivity contribution in [3.8, 4) is 0 Å². The summed E-state index contributed by atoms with van der Waals surface area (Å²) in [6, 6.07) is 6.28. The molecule has 0 aliphatic heterocycles. The largest absolute Gasteiger partial charge is 0.352 e. The second kappa shape index (κ2) is 6.94. The first-order valence-corrected chi connectivity index (χ1v) is 7.79. The maximum atomic E-state index is 11.7. The van der Waals surface area contributed by atoms with E-state index in [-0.39, 0.29) is 5.91 Å². The summed E-state index contributed by atoms with van der Waals surface area (Å²) in [5.74, 6) is -0.171. The van der Waals surface area contributed by atoms with E-state index >= 15 is 0 Å². The zero-order chi connectivity index (χ0) is 14.3. The highest BCUT2D eigenvalue weighted by Crippen LogP contribution is 2.10. The smallest absolute Gasteiger partial charge is 0.251 e. The summed E-state index contributed by atoms with van der Waals surface area (Å²) in [4.78, 5) is 11.7. The van der Waals surface area contributed by atoms with E-state index in [9.17, 15) is 13.2 Å². The Morgan fingerprint density at radius 1 is 1.26 bits per heavy atom. The van der Waals surface area contributed by atoms with Crippen molar-refractivity contribution in [3.63, 3.8) is 0 Å². The fourth-order valence-electron chi connectivity index (χ4n) is 1.44. The molecule has 104 valence electrons. The van der Waals surface area contributed by atoms with Crippen LogP contribution >= 0.6 is 0 Å². The summed E-state index contributed by atoms with van der Waals surface area (Å²) in [5.41, 5.74) is 0.937. The Labute approximate surface area is 113 Å². The van der Waals surface area contributed by atoms with Crippen LogP contribution < -0.4 is 10.0 Å². The molecule has 0 spiro atoms. The maximum Gasteiger partial charge on any atom is 0.251 e. The molecule has 0 heterocycles. The van der Waals surface area contributed by atoms with Crippen molar-refractivity contribution in [2.75, 3.05) is 17.5 Å². The van der Waals surface area contributed by atoms with E-state index in [0.717, 1.165) is 12.7 Å². The molecule has 0 bridgehead atoms. The minimum Gasteiger partial charge on any atom is -0.352 e. The molecule has 19 heavy (non-hydrogen) atoms. The SMILES string of the molecule is C/C=C/CCNC(=O)c1ccc(NS(C)(=O)=O)cc1. The van der Waals surface area contributed by atoms with E-state index in [2.05, 4.69) is 10.0 Å². The van der Waals surface area contributed by atoms with Gasteiger partial charge in [-0.15, -0.1) is 0 Å². The van der Waals surface area contributed by atoms with Gasteiger partial charge in [0.25, 0.3) is 5.91 Å². The van der Waals surface area contributed by atoms with Crippen molar-refractivity contribution in [3.05, 3.63) is 42.0 Å². The number of sulfonamides is 1. The summed E-state index contributed by atoms with van der Waals surface area (Å²) in [5, 5.41) is 2.77. The molecule has 0 aliphatic rings. The summed E-state index contributed by atoms with van der Waals surface area (Å²) in [6.45, 7) is 2.50. The van der Waals surface area contributed by atoms with Crippen LogP contribution in [0.2, 0.25) is 0 Å². The van der Waals surface area contributed by atoms with Gasteiger partial charge in [0.1, 0.15) is 0 Å². The summed E-state index contributed by atoms with van der Waals surface area (Å²) < 4.78 is 24.4. The van der Waals surface area contributed by atoms with Gasteiger partial charge in [-0.3, -0.25) is 9.52 Å². The fourth-order valence-corrected chi connectivity index (χ4v) is 2.01. The average Bonchev–Trinajstić information content (AvgIpc) is 2.33. The van der Waals surface area contributed by atoms with Gasteiger partial charge in [-0.25, -0.2) is 8.42 Å². The molecule has 0 aromatic heterocycles. The third-order valence-corrected chi connectivity index (χ3v) is 2.89. The Bertz CT molecular complexity index is 548. The molecule has 0 unspecified atom stereocenters. The second-order valence-corrected chi connectivity index (χ2v) is 5.81. The molecular weight excluding hydrogens is 264 g/mol. The maximum absolute atomic E-state index is 11.7. The predicted octanol–water partition coefficient (Wildman–Crippen LogP) is 1.75. The van der Waals surface area contributed by atoms with Crippen LogP contribution in [0.4, 0.5) is 5.69 Å². The van der Waals surface area contributed by atoms with Crippen molar-refractivity contribution in [1.82, 2.24) is 5.32 Å². The molecule has 1 amide bonds. The Hall–Kier alpha value is -1.82. The zero-order valence-electron chi connectivity index (χ0n) is 11.0. The van der Waals surface area contributed by atoms with Gasteiger partial charge in [-0.1, -0.05) is 12.2 Å². The van der Waals surface area contributed by atoms with Crippen LogP contribution in [0.5, 0.6) is 0 Å². The van der Waals surface area contributed by atoms with Gasteiger partial charge in [0.2, 0.25) is 10.0 Å². The van der Waals surface area contributed by atoms with Crippen LogP contribution in [-0.4, -0.2) is 27.1 Å². The van der Waals surface area contributed by atoms with Crippen LogP contribution in [0.15, 0.2) is 36.4 Å². The minimum atomic E-state index is -3.29. The minimum absolute atomic E-state index is 0.171. The second-order valence-electron chi connectivity index (χ2n) is 4.07. The molecule has 0 fully saturated rings. The van der Waals surface area contributed by atoms with Crippen LogP contribution in [-0.2, 0) is 10.0 Å². The average molecular weight is 282 g/mol. The van der Waals surface area contributed by atoms with E-state index in [1.807, 2.05) is 19.1 Å². The van der Waals surface area contributed by atoms with Gasteiger partial charge in [-0.05, 0) is 37.6 Å². The van der Waals surface area contributed by atoms with Crippen molar-refractivity contribution >= 4 is 21.6 Å². The van der Waals surface area contributed by atoms with Crippen LogP contribution in [0.3, 0.4) is 0 Å². The lowest BCUT2D eigenvalue weighted by molar-refractivity contribution is 0.0954. The first kappa shape index (κ1) is 15.2. The lowest BCUT2D eigenvalue weighted by Crippen LogP contribution is -2.24. The first-order chi connectivity index (χ1) is 8.92. The molecule has 5 nitrogen and oxygen atoms in total. The Kier molecular flexibility index (Phi) is 5.57. The van der Waals surface area contributed by atoms with E-state index in [1.54, 1.807) is 24.3 Å². The Balaban J connectivity index is 2.58. The van der Waals surface area contributed by atoms with Gasteiger partial charge < -0.3 is 5.32 Å². The van der Waals surface area contributed by atoms with Crippen LogP contribution in [0.25, 0.3) is 0 Å². The first-order valence-electron chi connectivity index (χ1n) is 5.89. The third kappa shape index (κ3) is 6.05. The van der Waals surface area contributed by atoms with Gasteiger partial charge in [0, 0.05) is 17.8 Å². The highest BCUT2D eigenvalue weighted by molar-refractivity contribution is 7.92. The number of carbonyl (C=O) groups excluding carboxylic acids is 1. The normalized spacial score (nSPS) is 11.5. The number of carbonyl (C=O) groups is 1. The molecule has 0 atom stereocenters.